The van der Waals surface area contributed by atoms with E-state index in [1.807, 2.05) is 4.90 Å². The summed E-state index contributed by atoms with van der Waals surface area (Å²) in [6.07, 6.45) is 4.62. The van der Waals surface area contributed by atoms with Crippen LogP contribution in [0.1, 0.15) is 24.8 Å². The highest BCUT2D eigenvalue weighted by atomic mass is 32.2. The number of nitrogens with one attached hydrogen (secondary N) is 1. The van der Waals surface area contributed by atoms with Crippen molar-refractivity contribution in [2.24, 2.45) is 0 Å². The van der Waals surface area contributed by atoms with E-state index >= 15 is 0 Å². The predicted octanol–water partition coefficient (Wildman–Crippen LogP) is 1.47. The summed E-state index contributed by atoms with van der Waals surface area (Å²) in [6, 6.07) is 7.69. The van der Waals surface area contributed by atoms with Crippen molar-refractivity contribution in [3.8, 4) is 0 Å². The minimum Gasteiger partial charge on any atom is -0.334 e. The number of urea groups is 1. The van der Waals surface area contributed by atoms with Gasteiger partial charge >= 0.3 is 6.03 Å². The van der Waals surface area contributed by atoms with E-state index in [0.717, 1.165) is 31.5 Å². The first kappa shape index (κ1) is 17.2. The number of hydrogen-bond acceptors (Lipinski definition) is 4. The minimum absolute atomic E-state index is 0.0388. The van der Waals surface area contributed by atoms with Gasteiger partial charge in [-0.1, -0.05) is 12.1 Å². The van der Waals surface area contributed by atoms with Crippen molar-refractivity contribution in [2.45, 2.75) is 42.8 Å². The summed E-state index contributed by atoms with van der Waals surface area (Å²) in [6.45, 7) is 1.99. The molecule has 2 saturated heterocycles. The molecule has 6 nitrogen and oxygen atoms in total. The van der Waals surface area contributed by atoms with Crippen molar-refractivity contribution in [1.82, 2.24) is 15.1 Å². The Hall–Kier alpha value is -1.60. The van der Waals surface area contributed by atoms with E-state index in [1.165, 1.54) is 12.7 Å². The normalized spacial score (nSPS) is 24.7. The number of rotatable bonds is 3. The molecule has 3 rings (SSSR count). The van der Waals surface area contributed by atoms with E-state index in [9.17, 15) is 13.2 Å². The van der Waals surface area contributed by atoms with E-state index in [1.54, 1.807) is 24.3 Å². The lowest BCUT2D eigenvalue weighted by atomic mass is 10.1. The van der Waals surface area contributed by atoms with Gasteiger partial charge in [-0.15, -0.1) is 0 Å². The van der Waals surface area contributed by atoms with Crippen LogP contribution in [0.5, 0.6) is 0 Å². The summed E-state index contributed by atoms with van der Waals surface area (Å²) >= 11 is 0. The Morgan fingerprint density at radius 3 is 2.50 bits per heavy atom. The smallest absolute Gasteiger partial charge is 0.317 e. The molecule has 2 atom stereocenters. The Labute approximate surface area is 143 Å². The van der Waals surface area contributed by atoms with E-state index < -0.39 is 9.84 Å². The summed E-state index contributed by atoms with van der Waals surface area (Å²) in [7, 11) is -1.02. The lowest BCUT2D eigenvalue weighted by molar-refractivity contribution is 0.188. The van der Waals surface area contributed by atoms with Crippen molar-refractivity contribution in [3.05, 3.63) is 29.8 Å². The summed E-state index contributed by atoms with van der Waals surface area (Å²) in [5.74, 6) is 0. The summed E-state index contributed by atoms with van der Waals surface area (Å²) < 4.78 is 22.9. The molecule has 0 spiro atoms. The predicted molar refractivity (Wildman–Crippen MR) is 92.6 cm³/mol. The van der Waals surface area contributed by atoms with E-state index in [2.05, 4.69) is 17.3 Å². The number of carbonyl (C=O) groups excluding carboxylic acids is 1. The maximum absolute atomic E-state index is 12.4. The molecule has 0 radical (unpaired) electrons. The monoisotopic (exact) mass is 351 g/mol. The second kappa shape index (κ2) is 6.72. The Kier molecular flexibility index (Phi) is 4.83. The van der Waals surface area contributed by atoms with Crippen LogP contribution >= 0.6 is 0 Å². The van der Waals surface area contributed by atoms with Gasteiger partial charge in [0.15, 0.2) is 9.84 Å². The zero-order valence-corrected chi connectivity index (χ0v) is 15.1. The molecule has 2 fully saturated rings. The number of likely N-dealkylation sites (N-methyl/N-ethyl adjacent to an activating group) is 1. The molecule has 2 unspecified atom stereocenters. The van der Waals surface area contributed by atoms with E-state index in [4.69, 9.17) is 0 Å². The fourth-order valence-corrected chi connectivity index (χ4v) is 4.27. The number of benzene rings is 1. The molecule has 2 aliphatic heterocycles. The van der Waals surface area contributed by atoms with Crippen molar-refractivity contribution in [3.63, 3.8) is 0 Å². The first-order chi connectivity index (χ1) is 11.3. The molecule has 1 aromatic carbocycles. The van der Waals surface area contributed by atoms with E-state index in [-0.39, 0.29) is 6.03 Å². The highest BCUT2D eigenvalue weighted by Crippen LogP contribution is 2.28. The minimum atomic E-state index is -3.18. The van der Waals surface area contributed by atoms with Gasteiger partial charge in [-0.25, -0.2) is 13.2 Å². The average molecular weight is 351 g/mol. The molecule has 1 aromatic rings. The van der Waals surface area contributed by atoms with Crippen molar-refractivity contribution in [2.75, 3.05) is 26.4 Å². The molecule has 132 valence electrons. The molecule has 2 aliphatic rings. The van der Waals surface area contributed by atoms with Crippen LogP contribution in [-0.4, -0.2) is 62.7 Å². The standard InChI is InChI=1S/C17H25N3O3S/c1-19-14-5-6-15(19)12-20(10-9-14)17(21)18-11-13-3-7-16(8-4-13)24(2,22)23/h3-4,7-8,14-15H,5-6,9-12H2,1-2H3,(H,18,21). The highest BCUT2D eigenvalue weighted by Gasteiger charge is 2.35. The highest BCUT2D eigenvalue weighted by molar-refractivity contribution is 7.90. The maximum atomic E-state index is 12.4. The third-order valence-corrected chi connectivity index (χ3v) is 6.36. The number of sulfone groups is 1. The molecule has 2 heterocycles. The molecule has 0 aromatic heterocycles. The SMILES string of the molecule is CN1C2CCC1CN(C(=O)NCc1ccc(S(C)(=O)=O)cc1)CC2. The van der Waals surface area contributed by atoms with E-state index in [0.29, 0.717) is 23.5 Å². The Morgan fingerprint density at radius 1 is 1.17 bits per heavy atom. The third-order valence-electron chi connectivity index (χ3n) is 5.23. The van der Waals surface area contributed by atoms with Crippen LogP contribution in [-0.2, 0) is 16.4 Å². The fraction of sp³-hybridized carbons (Fsp3) is 0.588. The maximum Gasteiger partial charge on any atom is 0.317 e. The van der Waals surface area contributed by atoms with Crippen molar-refractivity contribution < 1.29 is 13.2 Å². The Balaban J connectivity index is 1.56. The lowest BCUT2D eigenvalue weighted by Crippen LogP contribution is -2.44. The summed E-state index contributed by atoms with van der Waals surface area (Å²) in [5, 5.41) is 2.95. The molecular formula is C17H25N3O3S. The molecule has 2 amide bonds. The first-order valence-electron chi connectivity index (χ1n) is 8.38. The van der Waals surface area contributed by atoms with Gasteiger partial charge in [0.1, 0.15) is 0 Å². The van der Waals surface area contributed by atoms with Gasteiger partial charge in [0.05, 0.1) is 4.90 Å². The molecular weight excluding hydrogens is 326 g/mol. The van der Waals surface area contributed by atoms with Gasteiger partial charge in [0.25, 0.3) is 0 Å². The Morgan fingerprint density at radius 2 is 1.83 bits per heavy atom. The number of amides is 2. The van der Waals surface area contributed by atoms with Crippen molar-refractivity contribution in [1.29, 1.82) is 0 Å². The zero-order valence-electron chi connectivity index (χ0n) is 14.2. The number of hydrogen-bond donors (Lipinski definition) is 1. The second-order valence-corrected chi connectivity index (χ2v) is 8.88. The van der Waals surface area contributed by atoms with Crippen LogP contribution in [0.4, 0.5) is 4.79 Å². The average Bonchev–Trinajstić information content (AvgIpc) is 2.77. The topological polar surface area (TPSA) is 69.7 Å². The summed E-state index contributed by atoms with van der Waals surface area (Å²) in [4.78, 5) is 17.1. The molecule has 0 saturated carbocycles. The number of nitrogens with zero attached hydrogens (tertiary/aromatic N) is 2. The molecule has 24 heavy (non-hydrogen) atoms. The second-order valence-electron chi connectivity index (χ2n) is 6.86. The van der Waals surface area contributed by atoms with Crippen LogP contribution in [0.2, 0.25) is 0 Å². The van der Waals surface area contributed by atoms with Crippen LogP contribution in [0.15, 0.2) is 29.2 Å². The zero-order chi connectivity index (χ0) is 17.3. The third kappa shape index (κ3) is 3.72. The van der Waals surface area contributed by atoms with Gasteiger partial charge in [0.2, 0.25) is 0 Å². The first-order valence-corrected chi connectivity index (χ1v) is 10.3. The van der Waals surface area contributed by atoms with Gasteiger partial charge < -0.3 is 10.2 Å². The van der Waals surface area contributed by atoms with Gasteiger partial charge in [-0.3, -0.25) is 4.90 Å². The summed E-state index contributed by atoms with van der Waals surface area (Å²) in [5.41, 5.74) is 0.893. The van der Waals surface area contributed by atoms with Crippen LogP contribution in [0, 0.1) is 0 Å². The molecule has 2 bridgehead atoms. The molecule has 1 N–H and O–H groups in total. The van der Waals surface area contributed by atoms with Crippen molar-refractivity contribution >= 4 is 15.9 Å². The van der Waals surface area contributed by atoms with Gasteiger partial charge in [-0.2, -0.15) is 0 Å². The number of likely N-dealkylation sites (tertiary alicyclic amines) is 1. The largest absolute Gasteiger partial charge is 0.334 e. The number of carbonyl (C=O) groups is 1. The Bertz CT molecular complexity index is 702. The van der Waals surface area contributed by atoms with Gasteiger partial charge in [0, 0.05) is 38.0 Å². The van der Waals surface area contributed by atoms with Crippen LogP contribution in [0.25, 0.3) is 0 Å². The molecule has 0 aliphatic carbocycles. The molecule has 7 heteroatoms. The van der Waals surface area contributed by atoms with Gasteiger partial charge in [-0.05, 0) is 44.0 Å². The van der Waals surface area contributed by atoms with Crippen LogP contribution < -0.4 is 5.32 Å². The fourth-order valence-electron chi connectivity index (χ4n) is 3.64. The number of fused-ring (bicyclic) bond motifs is 2. The quantitative estimate of drug-likeness (QED) is 0.895. The lowest BCUT2D eigenvalue weighted by Gasteiger charge is -2.26. The van der Waals surface area contributed by atoms with Crippen LogP contribution in [0.3, 0.4) is 0 Å².